The second kappa shape index (κ2) is 7.56. The molecule has 0 amide bonds. The molecule has 116 valence electrons. The second-order valence-corrected chi connectivity index (χ2v) is 6.05. The van der Waals surface area contributed by atoms with Crippen LogP contribution in [0.4, 0.5) is 5.69 Å². The first-order chi connectivity index (χ1) is 10.6. The highest BCUT2D eigenvalue weighted by Crippen LogP contribution is 2.17. The highest BCUT2D eigenvalue weighted by Gasteiger charge is 2.12. The fourth-order valence-corrected chi connectivity index (χ4v) is 2.82. The monoisotopic (exact) mass is 318 g/mol. The molecule has 1 heterocycles. The summed E-state index contributed by atoms with van der Waals surface area (Å²) < 4.78 is 0. The predicted octanol–water partition coefficient (Wildman–Crippen LogP) is 2.83. The lowest BCUT2D eigenvalue weighted by Crippen LogP contribution is -2.36. The Morgan fingerprint density at radius 2 is 1.95 bits per heavy atom. The molecule has 1 aromatic carbocycles. The first-order valence-corrected chi connectivity index (χ1v) is 7.64. The maximum absolute atomic E-state index is 11.0. The molecule has 0 saturated heterocycles. The molecule has 1 aromatic heterocycles. The predicted molar refractivity (Wildman–Crippen MR) is 89.2 cm³/mol. The van der Waals surface area contributed by atoms with Gasteiger partial charge in [0.15, 0.2) is 5.96 Å². The number of hydrogen-bond acceptors (Lipinski definition) is 4. The summed E-state index contributed by atoms with van der Waals surface area (Å²) in [5.74, 6) is 0.615. The van der Waals surface area contributed by atoms with Crippen molar-refractivity contribution in [1.29, 1.82) is 0 Å². The fourth-order valence-electron chi connectivity index (χ4n) is 1.99. The molecule has 0 aliphatic rings. The molecule has 2 rings (SSSR count). The standard InChI is InChI=1S/C15H18N4O2S/c1-11-7-8-13(22-11)10-18-15(16-2)17-9-12-5-3-4-6-14(12)19(20)21/h3-8H,9-10H2,1-2H3,(H2,16,17,18). The number of guanidine groups is 1. The normalized spacial score (nSPS) is 11.3. The number of benzene rings is 1. The zero-order chi connectivity index (χ0) is 15.9. The highest BCUT2D eigenvalue weighted by atomic mass is 32.1. The lowest BCUT2D eigenvalue weighted by Gasteiger charge is -2.11. The number of nitrogens with one attached hydrogen (secondary N) is 2. The van der Waals surface area contributed by atoms with Crippen LogP contribution in [-0.2, 0) is 13.1 Å². The van der Waals surface area contributed by atoms with Gasteiger partial charge >= 0.3 is 0 Å². The van der Waals surface area contributed by atoms with E-state index in [1.165, 1.54) is 15.8 Å². The summed E-state index contributed by atoms with van der Waals surface area (Å²) >= 11 is 1.73. The van der Waals surface area contributed by atoms with Crippen LogP contribution in [0.1, 0.15) is 15.3 Å². The first kappa shape index (κ1) is 16.0. The van der Waals surface area contributed by atoms with Crippen LogP contribution < -0.4 is 10.6 Å². The van der Waals surface area contributed by atoms with Crippen molar-refractivity contribution < 1.29 is 4.92 Å². The van der Waals surface area contributed by atoms with Crippen molar-refractivity contribution in [3.8, 4) is 0 Å². The minimum Gasteiger partial charge on any atom is -0.352 e. The van der Waals surface area contributed by atoms with Crippen LogP contribution in [0.2, 0.25) is 0 Å². The average Bonchev–Trinajstić information content (AvgIpc) is 2.93. The van der Waals surface area contributed by atoms with Gasteiger partial charge in [0.25, 0.3) is 5.69 Å². The molecule has 0 unspecified atom stereocenters. The zero-order valence-corrected chi connectivity index (χ0v) is 13.3. The largest absolute Gasteiger partial charge is 0.352 e. The van der Waals surface area contributed by atoms with Crippen molar-refractivity contribution in [2.24, 2.45) is 4.99 Å². The van der Waals surface area contributed by atoms with E-state index in [1.807, 2.05) is 0 Å². The van der Waals surface area contributed by atoms with Crippen LogP contribution in [0.3, 0.4) is 0 Å². The van der Waals surface area contributed by atoms with Gasteiger partial charge in [0, 0.05) is 35.0 Å². The van der Waals surface area contributed by atoms with Crippen LogP contribution in [0.25, 0.3) is 0 Å². The van der Waals surface area contributed by atoms with E-state index in [4.69, 9.17) is 0 Å². The Kier molecular flexibility index (Phi) is 5.48. The number of rotatable bonds is 5. The van der Waals surface area contributed by atoms with E-state index in [1.54, 1.807) is 36.6 Å². The topological polar surface area (TPSA) is 79.6 Å². The van der Waals surface area contributed by atoms with Crippen LogP contribution in [0, 0.1) is 17.0 Å². The van der Waals surface area contributed by atoms with E-state index in [0.717, 1.165) is 0 Å². The van der Waals surface area contributed by atoms with E-state index in [-0.39, 0.29) is 10.6 Å². The Morgan fingerprint density at radius 1 is 1.23 bits per heavy atom. The molecule has 2 aromatic rings. The minimum atomic E-state index is -0.373. The number of aryl methyl sites for hydroxylation is 1. The quantitative estimate of drug-likeness (QED) is 0.384. The summed E-state index contributed by atoms with van der Waals surface area (Å²) in [5, 5.41) is 17.3. The van der Waals surface area contributed by atoms with Gasteiger partial charge in [-0.2, -0.15) is 0 Å². The molecule has 7 heteroatoms. The molecule has 0 radical (unpaired) electrons. The first-order valence-electron chi connectivity index (χ1n) is 6.82. The zero-order valence-electron chi connectivity index (χ0n) is 12.5. The molecule has 0 aliphatic carbocycles. The minimum absolute atomic E-state index is 0.110. The Bertz CT molecular complexity index is 682. The maximum atomic E-state index is 11.0. The Hall–Kier alpha value is -2.41. The number of hydrogen-bond donors (Lipinski definition) is 2. The third-order valence-corrected chi connectivity index (χ3v) is 4.08. The smallest absolute Gasteiger partial charge is 0.274 e. The van der Waals surface area contributed by atoms with Gasteiger partial charge in [-0.05, 0) is 19.1 Å². The van der Waals surface area contributed by atoms with Gasteiger partial charge in [0.1, 0.15) is 0 Å². The van der Waals surface area contributed by atoms with Crippen LogP contribution in [0.15, 0.2) is 41.4 Å². The number of aliphatic imine (C=N–C) groups is 1. The summed E-state index contributed by atoms with van der Waals surface area (Å²) in [5.41, 5.74) is 0.738. The van der Waals surface area contributed by atoms with Gasteiger partial charge in [-0.1, -0.05) is 18.2 Å². The SMILES string of the molecule is CN=C(NCc1ccc(C)s1)NCc1ccccc1[N+](=O)[O-]. The fraction of sp³-hybridized carbons (Fsp3) is 0.267. The Balaban J connectivity index is 1.93. The third kappa shape index (κ3) is 4.29. The molecular formula is C15H18N4O2S. The average molecular weight is 318 g/mol. The third-order valence-electron chi connectivity index (χ3n) is 3.08. The van der Waals surface area contributed by atoms with E-state index < -0.39 is 0 Å². The number of nitro benzene ring substituents is 1. The molecule has 0 fully saturated rings. The van der Waals surface area contributed by atoms with Crippen molar-refractivity contribution in [1.82, 2.24) is 10.6 Å². The van der Waals surface area contributed by atoms with Crippen molar-refractivity contribution in [3.05, 3.63) is 61.8 Å². The highest BCUT2D eigenvalue weighted by molar-refractivity contribution is 7.11. The van der Waals surface area contributed by atoms with Crippen molar-refractivity contribution in [2.45, 2.75) is 20.0 Å². The van der Waals surface area contributed by atoms with Gasteiger partial charge < -0.3 is 10.6 Å². The Morgan fingerprint density at radius 3 is 2.59 bits per heavy atom. The van der Waals surface area contributed by atoms with Crippen molar-refractivity contribution in [2.75, 3.05) is 7.05 Å². The van der Waals surface area contributed by atoms with E-state index in [0.29, 0.717) is 24.6 Å². The summed E-state index contributed by atoms with van der Waals surface area (Å²) in [4.78, 5) is 17.2. The summed E-state index contributed by atoms with van der Waals surface area (Å²) in [6.07, 6.45) is 0. The summed E-state index contributed by atoms with van der Waals surface area (Å²) in [6.45, 7) is 3.09. The molecular weight excluding hydrogens is 300 g/mol. The van der Waals surface area contributed by atoms with Gasteiger partial charge in [-0.3, -0.25) is 15.1 Å². The van der Waals surface area contributed by atoms with E-state index >= 15 is 0 Å². The number of para-hydroxylation sites is 1. The van der Waals surface area contributed by atoms with Gasteiger partial charge in [-0.15, -0.1) is 11.3 Å². The molecule has 0 atom stereocenters. The van der Waals surface area contributed by atoms with Crippen LogP contribution in [-0.4, -0.2) is 17.9 Å². The van der Waals surface area contributed by atoms with Crippen LogP contribution in [0.5, 0.6) is 0 Å². The summed E-state index contributed by atoms with van der Waals surface area (Å²) in [6, 6.07) is 10.8. The number of thiophene rings is 1. The van der Waals surface area contributed by atoms with Crippen molar-refractivity contribution in [3.63, 3.8) is 0 Å². The Labute approximate surface area is 133 Å². The molecule has 0 aliphatic heterocycles. The van der Waals surface area contributed by atoms with E-state index in [9.17, 15) is 10.1 Å². The lowest BCUT2D eigenvalue weighted by atomic mass is 10.2. The second-order valence-electron chi connectivity index (χ2n) is 4.68. The molecule has 2 N–H and O–H groups in total. The molecule has 22 heavy (non-hydrogen) atoms. The summed E-state index contributed by atoms with van der Waals surface area (Å²) in [7, 11) is 1.68. The van der Waals surface area contributed by atoms with Crippen LogP contribution >= 0.6 is 11.3 Å². The number of nitrogens with zero attached hydrogens (tertiary/aromatic N) is 2. The van der Waals surface area contributed by atoms with Gasteiger partial charge in [-0.25, -0.2) is 0 Å². The molecule has 0 bridgehead atoms. The lowest BCUT2D eigenvalue weighted by molar-refractivity contribution is -0.385. The number of nitro groups is 1. The van der Waals surface area contributed by atoms with Gasteiger partial charge in [0.2, 0.25) is 0 Å². The molecule has 0 spiro atoms. The van der Waals surface area contributed by atoms with Crippen molar-refractivity contribution >= 4 is 23.0 Å². The molecule has 6 nitrogen and oxygen atoms in total. The maximum Gasteiger partial charge on any atom is 0.274 e. The van der Waals surface area contributed by atoms with Gasteiger partial charge in [0.05, 0.1) is 11.5 Å². The van der Waals surface area contributed by atoms with E-state index in [2.05, 4.69) is 34.7 Å². The molecule has 0 saturated carbocycles.